The molecule has 0 aromatic carbocycles. The van der Waals surface area contributed by atoms with Crippen molar-refractivity contribution in [2.75, 3.05) is 33.5 Å². The van der Waals surface area contributed by atoms with E-state index < -0.39 is 11.9 Å². The normalized spacial score (nSPS) is 8.78. The second kappa shape index (κ2) is 13.4. The molecule has 18 heavy (non-hydrogen) atoms. The first-order valence-corrected chi connectivity index (χ1v) is 5.20. The van der Waals surface area contributed by atoms with Crippen LogP contribution in [0.5, 0.6) is 0 Å². The van der Waals surface area contributed by atoms with Gasteiger partial charge in [-0.1, -0.05) is 13.2 Å². The highest BCUT2D eigenvalue weighted by Crippen LogP contribution is 1.81. The Labute approximate surface area is 107 Å². The molecule has 0 rings (SSSR count). The minimum Gasteiger partial charge on any atom is -0.478 e. The lowest BCUT2D eigenvalue weighted by Gasteiger charge is -2.03. The Morgan fingerprint density at radius 2 is 1.72 bits per heavy atom. The smallest absolute Gasteiger partial charge is 0.330 e. The van der Waals surface area contributed by atoms with E-state index in [-0.39, 0.29) is 12.2 Å². The van der Waals surface area contributed by atoms with Gasteiger partial charge in [0.1, 0.15) is 6.61 Å². The Morgan fingerprint density at radius 3 is 2.11 bits per heavy atom. The highest BCUT2D eigenvalue weighted by atomic mass is 16.6. The number of carboxylic acids is 1. The molecule has 0 bridgehead atoms. The van der Waals surface area contributed by atoms with Gasteiger partial charge < -0.3 is 19.3 Å². The van der Waals surface area contributed by atoms with Gasteiger partial charge in [0.2, 0.25) is 0 Å². The van der Waals surface area contributed by atoms with E-state index >= 15 is 0 Å². The zero-order chi connectivity index (χ0) is 14.4. The van der Waals surface area contributed by atoms with Crippen molar-refractivity contribution >= 4 is 11.9 Å². The number of aliphatic carboxylic acids is 1. The molecule has 0 aliphatic carbocycles. The van der Waals surface area contributed by atoms with Crippen molar-refractivity contribution in [2.24, 2.45) is 0 Å². The third-order valence-electron chi connectivity index (χ3n) is 1.44. The van der Waals surface area contributed by atoms with Gasteiger partial charge in [0.05, 0.1) is 19.8 Å². The minimum absolute atomic E-state index is 0.176. The van der Waals surface area contributed by atoms with Crippen LogP contribution >= 0.6 is 0 Å². The second-order valence-corrected chi connectivity index (χ2v) is 3.06. The Balaban J connectivity index is 0. The van der Waals surface area contributed by atoms with Crippen LogP contribution in [0.4, 0.5) is 0 Å². The van der Waals surface area contributed by atoms with Crippen LogP contribution in [0.25, 0.3) is 0 Å². The molecule has 0 saturated carbocycles. The largest absolute Gasteiger partial charge is 0.478 e. The number of ether oxygens (including phenoxy) is 3. The van der Waals surface area contributed by atoms with Crippen LogP contribution in [0.15, 0.2) is 24.8 Å². The van der Waals surface area contributed by atoms with Gasteiger partial charge in [0.15, 0.2) is 0 Å². The predicted octanol–water partition coefficient (Wildman–Crippen LogP) is 1.03. The summed E-state index contributed by atoms with van der Waals surface area (Å²) in [5, 5.41) is 7.89. The summed E-state index contributed by atoms with van der Waals surface area (Å²) in [5.74, 6) is -1.36. The van der Waals surface area contributed by atoms with E-state index in [2.05, 4.69) is 17.9 Å². The summed E-state index contributed by atoms with van der Waals surface area (Å²) in [7, 11) is 1.60. The third-order valence-corrected chi connectivity index (χ3v) is 1.44. The fourth-order valence-corrected chi connectivity index (χ4v) is 0.504. The van der Waals surface area contributed by atoms with Gasteiger partial charge in [-0.05, 0) is 6.92 Å². The van der Waals surface area contributed by atoms with E-state index in [1.807, 2.05) is 0 Å². The molecule has 6 nitrogen and oxygen atoms in total. The van der Waals surface area contributed by atoms with Gasteiger partial charge in [-0.25, -0.2) is 9.59 Å². The average Bonchev–Trinajstić information content (AvgIpc) is 2.33. The van der Waals surface area contributed by atoms with Gasteiger partial charge in [0.25, 0.3) is 0 Å². The summed E-state index contributed by atoms with van der Waals surface area (Å²) in [6, 6.07) is 0. The van der Waals surface area contributed by atoms with Gasteiger partial charge in [0, 0.05) is 18.8 Å². The van der Waals surface area contributed by atoms with E-state index in [4.69, 9.17) is 14.6 Å². The molecule has 0 heterocycles. The number of carbonyl (C=O) groups is 2. The topological polar surface area (TPSA) is 82.1 Å². The van der Waals surface area contributed by atoms with E-state index in [0.29, 0.717) is 19.8 Å². The lowest BCUT2D eigenvalue weighted by atomic mass is 10.4. The fraction of sp³-hybridized carbons (Fsp3) is 0.500. The molecular formula is C12H20O6. The van der Waals surface area contributed by atoms with Crippen molar-refractivity contribution in [1.29, 1.82) is 0 Å². The standard InChI is InChI=1S/C8H14O4.C4H6O2/c1-3-8(9)12-7-6-11-5-4-10-2;1-3(2)4(5)6/h3H,1,4-7H2,2H3;1H2,2H3,(H,5,6). The SMILES string of the molecule is C=C(C)C(=O)O.C=CC(=O)OCCOCCOC. The highest BCUT2D eigenvalue weighted by Gasteiger charge is 1.94. The number of carboxylic acid groups (broad SMARTS) is 1. The molecule has 0 saturated heterocycles. The van der Waals surface area contributed by atoms with Crippen molar-refractivity contribution in [3.05, 3.63) is 24.8 Å². The molecular weight excluding hydrogens is 240 g/mol. The lowest BCUT2D eigenvalue weighted by Crippen LogP contribution is -2.10. The predicted molar refractivity (Wildman–Crippen MR) is 66.3 cm³/mol. The molecule has 0 radical (unpaired) electrons. The van der Waals surface area contributed by atoms with E-state index in [1.54, 1.807) is 7.11 Å². The molecule has 0 aromatic rings. The fourth-order valence-electron chi connectivity index (χ4n) is 0.504. The summed E-state index contributed by atoms with van der Waals surface area (Å²) in [4.78, 5) is 20.1. The van der Waals surface area contributed by atoms with Crippen LogP contribution in [-0.2, 0) is 23.8 Å². The van der Waals surface area contributed by atoms with Crippen LogP contribution in [0, 0.1) is 0 Å². The Kier molecular flexibility index (Phi) is 13.9. The molecule has 0 atom stereocenters. The van der Waals surface area contributed by atoms with Gasteiger partial charge >= 0.3 is 11.9 Å². The molecule has 0 aliphatic rings. The van der Waals surface area contributed by atoms with Crippen molar-refractivity contribution in [3.8, 4) is 0 Å². The van der Waals surface area contributed by atoms with E-state index in [0.717, 1.165) is 6.08 Å². The van der Waals surface area contributed by atoms with Crippen molar-refractivity contribution in [2.45, 2.75) is 6.92 Å². The van der Waals surface area contributed by atoms with Gasteiger partial charge in [-0.15, -0.1) is 0 Å². The van der Waals surface area contributed by atoms with Crippen molar-refractivity contribution < 1.29 is 28.9 Å². The first-order valence-electron chi connectivity index (χ1n) is 5.20. The maximum absolute atomic E-state index is 10.5. The Morgan fingerprint density at radius 1 is 1.22 bits per heavy atom. The summed E-state index contributed by atoms with van der Waals surface area (Å²) in [5.41, 5.74) is 0.176. The number of hydrogen-bond acceptors (Lipinski definition) is 5. The average molecular weight is 260 g/mol. The van der Waals surface area contributed by atoms with Gasteiger partial charge in [-0.2, -0.15) is 0 Å². The first-order chi connectivity index (χ1) is 8.45. The molecule has 1 N–H and O–H groups in total. The molecule has 104 valence electrons. The quantitative estimate of drug-likeness (QED) is 0.398. The first kappa shape index (κ1) is 18.7. The maximum atomic E-state index is 10.5. The molecule has 6 heteroatoms. The summed E-state index contributed by atoms with van der Waals surface area (Å²) < 4.78 is 14.4. The van der Waals surface area contributed by atoms with Crippen LogP contribution in [0.3, 0.4) is 0 Å². The monoisotopic (exact) mass is 260 g/mol. The third kappa shape index (κ3) is 16.8. The molecule has 0 amide bonds. The second-order valence-electron chi connectivity index (χ2n) is 3.06. The summed E-state index contributed by atoms with van der Waals surface area (Å²) in [6.45, 7) is 9.57. The van der Waals surface area contributed by atoms with Crippen LogP contribution in [-0.4, -0.2) is 50.6 Å². The molecule has 0 aromatic heterocycles. The van der Waals surface area contributed by atoms with Crippen molar-refractivity contribution in [1.82, 2.24) is 0 Å². The number of esters is 1. The van der Waals surface area contributed by atoms with Crippen LogP contribution < -0.4 is 0 Å². The number of hydrogen-bond donors (Lipinski definition) is 1. The summed E-state index contributed by atoms with van der Waals surface area (Å²) >= 11 is 0. The minimum atomic E-state index is -0.935. The van der Waals surface area contributed by atoms with E-state index in [9.17, 15) is 9.59 Å². The zero-order valence-electron chi connectivity index (χ0n) is 10.8. The molecule has 0 spiro atoms. The maximum Gasteiger partial charge on any atom is 0.330 e. The van der Waals surface area contributed by atoms with Crippen molar-refractivity contribution in [3.63, 3.8) is 0 Å². The summed E-state index contributed by atoms with van der Waals surface area (Å²) in [6.07, 6.45) is 1.12. The zero-order valence-corrected chi connectivity index (χ0v) is 10.8. The Bertz CT molecular complexity index is 260. The van der Waals surface area contributed by atoms with Gasteiger partial charge in [-0.3, -0.25) is 0 Å². The molecule has 0 fully saturated rings. The molecule has 0 unspecified atom stereocenters. The van der Waals surface area contributed by atoms with E-state index in [1.165, 1.54) is 6.92 Å². The lowest BCUT2D eigenvalue weighted by molar-refractivity contribution is -0.139. The number of methoxy groups -OCH3 is 1. The highest BCUT2D eigenvalue weighted by molar-refractivity contribution is 5.84. The molecule has 0 aliphatic heterocycles. The number of rotatable bonds is 8. The number of carbonyl (C=O) groups excluding carboxylic acids is 1. The Hall–Kier alpha value is -1.66. The van der Waals surface area contributed by atoms with Crippen LogP contribution in [0.2, 0.25) is 0 Å². The van der Waals surface area contributed by atoms with Crippen LogP contribution in [0.1, 0.15) is 6.92 Å².